The molecule has 1 saturated heterocycles. The monoisotopic (exact) mass is 335 g/mol. The van der Waals surface area contributed by atoms with Gasteiger partial charge in [-0.25, -0.2) is 9.97 Å². The molecule has 0 spiro atoms. The van der Waals surface area contributed by atoms with Gasteiger partial charge in [-0.3, -0.25) is 9.59 Å². The van der Waals surface area contributed by atoms with Crippen LogP contribution in [0.2, 0.25) is 0 Å². The smallest absolute Gasteiger partial charge is 0.273 e. The van der Waals surface area contributed by atoms with Gasteiger partial charge < -0.3 is 19.9 Å². The molecule has 23 heavy (non-hydrogen) atoms. The minimum absolute atomic E-state index is 0.0930. The van der Waals surface area contributed by atoms with Gasteiger partial charge in [-0.2, -0.15) is 0 Å². The van der Waals surface area contributed by atoms with Crippen molar-refractivity contribution in [2.45, 2.75) is 19.6 Å². The SMILES string of the molecule is CC(=O)NCc1cnc([C@H]2CN(C(=O)c3cscn3)CCO2)[nH]1. The summed E-state index contributed by atoms with van der Waals surface area (Å²) in [6.07, 6.45) is 1.35. The minimum Gasteiger partial charge on any atom is -0.367 e. The third-order valence-electron chi connectivity index (χ3n) is 3.49. The zero-order valence-corrected chi connectivity index (χ0v) is 13.4. The first-order valence-electron chi connectivity index (χ1n) is 7.21. The summed E-state index contributed by atoms with van der Waals surface area (Å²) in [6, 6.07) is 0. The van der Waals surface area contributed by atoms with Gasteiger partial charge in [0.2, 0.25) is 5.91 Å². The first-order chi connectivity index (χ1) is 11.1. The van der Waals surface area contributed by atoms with E-state index in [4.69, 9.17) is 4.74 Å². The average Bonchev–Trinajstić information content (AvgIpc) is 3.24. The number of amides is 2. The summed E-state index contributed by atoms with van der Waals surface area (Å²) in [5.41, 5.74) is 2.90. The standard InChI is InChI=1S/C14H17N5O3S/c1-9(20)15-4-10-5-16-13(18-10)12-6-19(2-3-22-12)14(21)11-7-23-8-17-11/h5,7-8,12H,2-4,6H2,1H3,(H,15,20)(H,16,18)/t12-/m1/s1. The van der Waals surface area contributed by atoms with Crippen molar-refractivity contribution in [2.24, 2.45) is 0 Å². The number of nitrogens with zero attached hydrogens (tertiary/aromatic N) is 3. The Kier molecular flexibility index (Phi) is 4.68. The number of aromatic amines is 1. The molecular weight excluding hydrogens is 318 g/mol. The van der Waals surface area contributed by atoms with Crippen molar-refractivity contribution in [3.63, 3.8) is 0 Å². The molecule has 0 unspecified atom stereocenters. The van der Waals surface area contributed by atoms with Crippen LogP contribution < -0.4 is 5.32 Å². The van der Waals surface area contributed by atoms with E-state index >= 15 is 0 Å². The van der Waals surface area contributed by atoms with Crippen molar-refractivity contribution in [1.82, 2.24) is 25.2 Å². The van der Waals surface area contributed by atoms with Gasteiger partial charge in [-0.05, 0) is 0 Å². The van der Waals surface area contributed by atoms with Gasteiger partial charge >= 0.3 is 0 Å². The molecule has 3 rings (SSSR count). The van der Waals surface area contributed by atoms with E-state index in [9.17, 15) is 9.59 Å². The molecule has 2 aromatic rings. The van der Waals surface area contributed by atoms with Crippen LogP contribution in [-0.2, 0) is 16.1 Å². The van der Waals surface area contributed by atoms with Crippen molar-refractivity contribution in [1.29, 1.82) is 0 Å². The number of morpholine rings is 1. The molecule has 0 bridgehead atoms. The number of rotatable bonds is 4. The quantitative estimate of drug-likeness (QED) is 0.857. The maximum absolute atomic E-state index is 12.4. The van der Waals surface area contributed by atoms with Gasteiger partial charge in [0, 0.05) is 18.8 Å². The summed E-state index contributed by atoms with van der Waals surface area (Å²) in [5, 5.41) is 4.44. The summed E-state index contributed by atoms with van der Waals surface area (Å²) >= 11 is 1.40. The van der Waals surface area contributed by atoms with Crippen LogP contribution in [0.4, 0.5) is 0 Å². The van der Waals surface area contributed by atoms with E-state index in [1.807, 2.05) is 0 Å². The number of carbonyl (C=O) groups is 2. The summed E-state index contributed by atoms with van der Waals surface area (Å²) in [4.78, 5) is 36.5. The average molecular weight is 335 g/mol. The van der Waals surface area contributed by atoms with Crippen LogP contribution in [0.25, 0.3) is 0 Å². The highest BCUT2D eigenvalue weighted by molar-refractivity contribution is 7.07. The molecule has 1 fully saturated rings. The van der Waals surface area contributed by atoms with Crippen LogP contribution in [0.1, 0.15) is 35.0 Å². The van der Waals surface area contributed by atoms with E-state index in [0.717, 1.165) is 5.69 Å². The Bertz CT molecular complexity index is 684. The van der Waals surface area contributed by atoms with Crippen molar-refractivity contribution in [2.75, 3.05) is 19.7 Å². The molecule has 3 heterocycles. The molecule has 0 aromatic carbocycles. The number of nitrogens with one attached hydrogen (secondary N) is 2. The Morgan fingerprint density at radius 2 is 2.39 bits per heavy atom. The molecule has 2 N–H and O–H groups in total. The first kappa shape index (κ1) is 15.6. The molecule has 1 aliphatic rings. The Morgan fingerprint density at radius 1 is 1.52 bits per heavy atom. The van der Waals surface area contributed by atoms with Gasteiger partial charge in [-0.15, -0.1) is 11.3 Å². The fourth-order valence-electron chi connectivity index (χ4n) is 2.33. The Labute approximate surface area is 136 Å². The van der Waals surface area contributed by atoms with E-state index in [2.05, 4.69) is 20.3 Å². The molecule has 9 heteroatoms. The number of thiazole rings is 1. The lowest BCUT2D eigenvalue weighted by Gasteiger charge is -2.31. The molecule has 1 aliphatic heterocycles. The first-order valence-corrected chi connectivity index (χ1v) is 8.15. The molecule has 0 radical (unpaired) electrons. The zero-order valence-electron chi connectivity index (χ0n) is 12.6. The van der Waals surface area contributed by atoms with Crippen molar-refractivity contribution in [3.8, 4) is 0 Å². The highest BCUT2D eigenvalue weighted by Crippen LogP contribution is 2.21. The molecule has 122 valence electrons. The highest BCUT2D eigenvalue weighted by Gasteiger charge is 2.28. The fourth-order valence-corrected chi connectivity index (χ4v) is 2.85. The van der Waals surface area contributed by atoms with Gasteiger partial charge in [0.05, 0.1) is 37.1 Å². The molecule has 8 nitrogen and oxygen atoms in total. The van der Waals surface area contributed by atoms with Crippen molar-refractivity contribution < 1.29 is 14.3 Å². The van der Waals surface area contributed by atoms with Crippen molar-refractivity contribution >= 4 is 23.2 Å². The molecule has 0 aliphatic carbocycles. The second-order valence-corrected chi connectivity index (χ2v) is 5.91. The second-order valence-electron chi connectivity index (χ2n) is 5.19. The molecule has 0 saturated carbocycles. The maximum atomic E-state index is 12.4. The lowest BCUT2D eigenvalue weighted by Crippen LogP contribution is -2.42. The molecular formula is C14H17N5O3S. The third kappa shape index (κ3) is 3.74. The van der Waals surface area contributed by atoms with E-state index < -0.39 is 0 Å². The predicted octanol–water partition coefficient (Wildman–Crippen LogP) is 0.716. The lowest BCUT2D eigenvalue weighted by atomic mass is 10.2. The molecule has 2 amide bonds. The van der Waals surface area contributed by atoms with E-state index in [1.165, 1.54) is 18.3 Å². The number of aromatic nitrogens is 3. The maximum Gasteiger partial charge on any atom is 0.273 e. The Morgan fingerprint density at radius 3 is 3.13 bits per heavy atom. The third-order valence-corrected chi connectivity index (χ3v) is 4.07. The fraction of sp³-hybridized carbons (Fsp3) is 0.429. The van der Waals surface area contributed by atoms with Gasteiger partial charge in [-0.1, -0.05) is 0 Å². The largest absolute Gasteiger partial charge is 0.367 e. The topological polar surface area (TPSA) is 100 Å². The predicted molar refractivity (Wildman–Crippen MR) is 82.8 cm³/mol. The van der Waals surface area contributed by atoms with Crippen LogP contribution in [0, 0.1) is 0 Å². The van der Waals surface area contributed by atoms with Crippen LogP contribution in [0.3, 0.4) is 0 Å². The van der Waals surface area contributed by atoms with Gasteiger partial charge in [0.1, 0.15) is 17.6 Å². The van der Waals surface area contributed by atoms with Crippen LogP contribution in [0.5, 0.6) is 0 Å². The number of hydrogen-bond acceptors (Lipinski definition) is 6. The Balaban J connectivity index is 1.64. The summed E-state index contributed by atoms with van der Waals surface area (Å²) in [7, 11) is 0. The van der Waals surface area contributed by atoms with E-state index in [0.29, 0.717) is 37.8 Å². The molecule has 1 atom stereocenters. The van der Waals surface area contributed by atoms with Crippen LogP contribution in [0.15, 0.2) is 17.1 Å². The number of H-pyrrole nitrogens is 1. The van der Waals surface area contributed by atoms with Gasteiger partial charge in [0.15, 0.2) is 0 Å². The molecule has 2 aromatic heterocycles. The zero-order chi connectivity index (χ0) is 16.2. The van der Waals surface area contributed by atoms with E-state index in [1.54, 1.807) is 22.0 Å². The number of hydrogen-bond donors (Lipinski definition) is 2. The summed E-state index contributed by atoms with van der Waals surface area (Å²) in [6.45, 7) is 3.25. The van der Waals surface area contributed by atoms with E-state index in [-0.39, 0.29) is 17.9 Å². The lowest BCUT2D eigenvalue weighted by molar-refractivity contribution is -0.119. The minimum atomic E-state index is -0.308. The van der Waals surface area contributed by atoms with Crippen LogP contribution in [-0.4, -0.2) is 51.4 Å². The highest BCUT2D eigenvalue weighted by atomic mass is 32.1. The second kappa shape index (κ2) is 6.88. The van der Waals surface area contributed by atoms with Gasteiger partial charge in [0.25, 0.3) is 5.91 Å². The van der Waals surface area contributed by atoms with Crippen molar-refractivity contribution in [3.05, 3.63) is 34.3 Å². The number of carbonyl (C=O) groups excluding carboxylic acids is 2. The number of ether oxygens (including phenoxy) is 1. The Hall–Kier alpha value is -2.26. The normalized spacial score (nSPS) is 18.0. The van der Waals surface area contributed by atoms with Crippen LogP contribution >= 0.6 is 11.3 Å². The number of imidazole rings is 1. The summed E-state index contributed by atoms with van der Waals surface area (Å²) in [5.74, 6) is 0.459. The summed E-state index contributed by atoms with van der Waals surface area (Å²) < 4.78 is 5.71.